The predicted octanol–water partition coefficient (Wildman–Crippen LogP) is 3.89. The van der Waals surface area contributed by atoms with Crippen molar-refractivity contribution in [3.63, 3.8) is 0 Å². The van der Waals surface area contributed by atoms with Gasteiger partial charge >= 0.3 is 0 Å². The third-order valence-corrected chi connectivity index (χ3v) is 4.45. The van der Waals surface area contributed by atoms with E-state index in [1.807, 2.05) is 0 Å². The molecule has 5 heteroatoms. The number of benzene rings is 1. The molecule has 0 spiro atoms. The van der Waals surface area contributed by atoms with Crippen LogP contribution in [0.15, 0.2) is 24.3 Å². The number of nitrogens with one attached hydrogen (secondary N) is 2. The third kappa shape index (κ3) is 7.26. The van der Waals surface area contributed by atoms with Gasteiger partial charge in [-0.15, -0.1) is 0 Å². The molecule has 1 aliphatic heterocycles. The van der Waals surface area contributed by atoms with E-state index in [2.05, 4.69) is 17.6 Å². The number of hydrogen-bond acceptors (Lipinski definition) is 3. The second-order valence-electron chi connectivity index (χ2n) is 6.62. The van der Waals surface area contributed by atoms with E-state index in [1.54, 1.807) is 24.3 Å². The summed E-state index contributed by atoms with van der Waals surface area (Å²) in [6.07, 6.45) is 8.33. The third-order valence-electron chi connectivity index (χ3n) is 4.45. The van der Waals surface area contributed by atoms with Crippen LogP contribution in [0.3, 0.4) is 0 Å². The van der Waals surface area contributed by atoms with E-state index in [0.717, 1.165) is 44.4 Å². The molecule has 0 aromatic heterocycles. The van der Waals surface area contributed by atoms with Crippen molar-refractivity contribution in [3.05, 3.63) is 29.8 Å². The Hall–Kier alpha value is -1.88. The van der Waals surface area contributed by atoms with Gasteiger partial charge in [0.25, 0.3) is 5.91 Å². The molecule has 2 rings (SSSR count). The molecule has 138 valence electrons. The molecule has 0 radical (unpaired) electrons. The van der Waals surface area contributed by atoms with Crippen LogP contribution < -0.4 is 10.6 Å². The van der Waals surface area contributed by atoms with Crippen LogP contribution in [0.4, 0.5) is 5.69 Å². The Morgan fingerprint density at radius 3 is 2.64 bits per heavy atom. The summed E-state index contributed by atoms with van der Waals surface area (Å²) in [4.78, 5) is 23.8. The summed E-state index contributed by atoms with van der Waals surface area (Å²) < 4.78 is 5.59. The van der Waals surface area contributed by atoms with Crippen molar-refractivity contribution in [1.82, 2.24) is 5.32 Å². The van der Waals surface area contributed by atoms with Gasteiger partial charge in [-0.1, -0.05) is 13.3 Å². The Balaban J connectivity index is 1.64. The van der Waals surface area contributed by atoms with Crippen LogP contribution in [0.1, 0.15) is 68.6 Å². The summed E-state index contributed by atoms with van der Waals surface area (Å²) in [6, 6.07) is 7.04. The maximum absolute atomic E-state index is 12.1. The van der Waals surface area contributed by atoms with Crippen LogP contribution in [-0.2, 0) is 9.53 Å². The van der Waals surface area contributed by atoms with Crippen LogP contribution in [0.25, 0.3) is 0 Å². The van der Waals surface area contributed by atoms with Gasteiger partial charge in [0.05, 0.1) is 6.10 Å². The summed E-state index contributed by atoms with van der Waals surface area (Å²) in [7, 11) is 0. The normalized spacial score (nSPS) is 16.6. The van der Waals surface area contributed by atoms with Gasteiger partial charge in [0.15, 0.2) is 0 Å². The summed E-state index contributed by atoms with van der Waals surface area (Å²) >= 11 is 0. The van der Waals surface area contributed by atoms with Crippen molar-refractivity contribution in [2.75, 3.05) is 18.5 Å². The molecule has 1 heterocycles. The highest BCUT2D eigenvalue weighted by atomic mass is 16.5. The second-order valence-corrected chi connectivity index (χ2v) is 6.62. The van der Waals surface area contributed by atoms with Crippen molar-refractivity contribution in [3.8, 4) is 0 Å². The molecule has 25 heavy (non-hydrogen) atoms. The van der Waals surface area contributed by atoms with Crippen molar-refractivity contribution < 1.29 is 14.3 Å². The fraction of sp³-hybridized carbons (Fsp3) is 0.600. The minimum absolute atomic E-state index is 0.0188. The molecular formula is C20H30N2O3. The molecule has 1 saturated heterocycles. The smallest absolute Gasteiger partial charge is 0.251 e. The number of rotatable bonds is 10. The summed E-state index contributed by atoms with van der Waals surface area (Å²) in [5.41, 5.74) is 1.35. The lowest BCUT2D eigenvalue weighted by Crippen LogP contribution is -2.24. The molecular weight excluding hydrogens is 316 g/mol. The summed E-state index contributed by atoms with van der Waals surface area (Å²) in [5, 5.41) is 5.79. The Morgan fingerprint density at radius 2 is 1.96 bits per heavy atom. The molecule has 1 aromatic rings. The van der Waals surface area contributed by atoms with Crippen LogP contribution in [0.2, 0.25) is 0 Å². The lowest BCUT2D eigenvalue weighted by molar-refractivity contribution is -0.116. The highest BCUT2D eigenvalue weighted by Crippen LogP contribution is 2.17. The monoisotopic (exact) mass is 346 g/mol. The van der Waals surface area contributed by atoms with E-state index in [1.165, 1.54) is 12.8 Å². The summed E-state index contributed by atoms with van der Waals surface area (Å²) in [6.45, 7) is 3.64. The van der Waals surface area contributed by atoms with Crippen LogP contribution in [0.5, 0.6) is 0 Å². The number of anilines is 1. The number of ether oxygens (including phenoxy) is 1. The first kappa shape index (κ1) is 19.4. The molecule has 2 N–H and O–H groups in total. The maximum atomic E-state index is 12.1. The Bertz CT molecular complexity index is 536. The van der Waals surface area contributed by atoms with Gasteiger partial charge in [-0.05, 0) is 62.8 Å². The van der Waals surface area contributed by atoms with E-state index >= 15 is 0 Å². The van der Waals surface area contributed by atoms with Gasteiger partial charge in [-0.25, -0.2) is 0 Å². The topological polar surface area (TPSA) is 67.4 Å². The Labute approximate surface area is 150 Å². The van der Waals surface area contributed by atoms with Crippen LogP contribution >= 0.6 is 0 Å². The van der Waals surface area contributed by atoms with E-state index in [0.29, 0.717) is 24.6 Å². The molecule has 1 fully saturated rings. The first-order chi connectivity index (χ1) is 12.2. The molecule has 0 aliphatic carbocycles. The molecule has 1 unspecified atom stereocenters. The zero-order chi connectivity index (χ0) is 17.9. The molecule has 1 aromatic carbocycles. The zero-order valence-corrected chi connectivity index (χ0v) is 15.2. The predicted molar refractivity (Wildman–Crippen MR) is 99.8 cm³/mol. The van der Waals surface area contributed by atoms with Crippen molar-refractivity contribution in [2.45, 2.75) is 64.4 Å². The highest BCUT2D eigenvalue weighted by Gasteiger charge is 2.14. The summed E-state index contributed by atoms with van der Waals surface area (Å²) in [5.74, 6) is -0.0498. The molecule has 2 amide bonds. The van der Waals surface area contributed by atoms with E-state index < -0.39 is 0 Å². The minimum Gasteiger partial charge on any atom is -0.378 e. The first-order valence-electron chi connectivity index (χ1n) is 9.48. The van der Waals surface area contributed by atoms with E-state index in [-0.39, 0.29) is 11.8 Å². The molecule has 5 nitrogen and oxygen atoms in total. The molecule has 1 atom stereocenters. The first-order valence-corrected chi connectivity index (χ1v) is 9.48. The molecule has 0 bridgehead atoms. The van der Waals surface area contributed by atoms with Gasteiger partial charge in [0.1, 0.15) is 0 Å². The Kier molecular flexibility index (Phi) is 8.46. The quantitative estimate of drug-likeness (QED) is 0.632. The van der Waals surface area contributed by atoms with Gasteiger partial charge < -0.3 is 15.4 Å². The Morgan fingerprint density at radius 1 is 1.16 bits per heavy atom. The van der Waals surface area contributed by atoms with E-state index in [4.69, 9.17) is 4.74 Å². The van der Waals surface area contributed by atoms with Gasteiger partial charge in [0, 0.05) is 30.8 Å². The van der Waals surface area contributed by atoms with E-state index in [9.17, 15) is 9.59 Å². The standard InChI is InChI=1S/C20H30N2O3/c1-2-3-9-19(23)22-17-12-10-16(11-13-17)20(24)21-14-5-4-7-18-8-6-15-25-18/h10-13,18H,2-9,14-15H2,1H3,(H,21,24)(H,22,23). The van der Waals surface area contributed by atoms with Crippen molar-refractivity contribution in [2.24, 2.45) is 0 Å². The number of carbonyl (C=O) groups excluding carboxylic acids is 2. The van der Waals surface area contributed by atoms with Crippen molar-refractivity contribution >= 4 is 17.5 Å². The molecule has 1 aliphatic rings. The SMILES string of the molecule is CCCCC(=O)Nc1ccc(C(=O)NCCCCC2CCCO2)cc1. The average molecular weight is 346 g/mol. The van der Waals surface area contributed by atoms with Crippen molar-refractivity contribution in [1.29, 1.82) is 0 Å². The van der Waals surface area contributed by atoms with Crippen LogP contribution in [-0.4, -0.2) is 31.1 Å². The fourth-order valence-electron chi connectivity index (χ4n) is 2.94. The fourth-order valence-corrected chi connectivity index (χ4v) is 2.94. The largest absolute Gasteiger partial charge is 0.378 e. The maximum Gasteiger partial charge on any atom is 0.251 e. The van der Waals surface area contributed by atoms with Gasteiger partial charge in [-0.3, -0.25) is 9.59 Å². The number of hydrogen-bond donors (Lipinski definition) is 2. The average Bonchev–Trinajstić information content (AvgIpc) is 3.13. The van der Waals surface area contributed by atoms with Crippen LogP contribution in [0, 0.1) is 0 Å². The zero-order valence-electron chi connectivity index (χ0n) is 15.2. The number of unbranched alkanes of at least 4 members (excludes halogenated alkanes) is 2. The lowest BCUT2D eigenvalue weighted by atomic mass is 10.1. The number of carbonyl (C=O) groups is 2. The molecule has 0 saturated carbocycles. The minimum atomic E-state index is -0.0685. The number of amides is 2. The van der Waals surface area contributed by atoms with Gasteiger partial charge in [0.2, 0.25) is 5.91 Å². The lowest BCUT2D eigenvalue weighted by Gasteiger charge is -2.10. The highest BCUT2D eigenvalue weighted by molar-refractivity contribution is 5.95. The second kappa shape index (κ2) is 10.9. The van der Waals surface area contributed by atoms with Gasteiger partial charge in [-0.2, -0.15) is 0 Å².